The number of nitro benzene ring substituents is 1. The third-order valence-electron chi connectivity index (χ3n) is 3.32. The summed E-state index contributed by atoms with van der Waals surface area (Å²) < 4.78 is 9.38. The number of phenolic OH excluding ortho intramolecular Hbond substituents is 1. The number of esters is 2. The molecule has 1 N–H and O–H groups in total. The zero-order chi connectivity index (χ0) is 18.6. The summed E-state index contributed by atoms with van der Waals surface area (Å²) in [5, 5.41) is 21.1. The van der Waals surface area contributed by atoms with Crippen molar-refractivity contribution in [2.45, 2.75) is 0 Å². The number of phenols is 1. The van der Waals surface area contributed by atoms with Crippen LogP contribution in [0.2, 0.25) is 0 Å². The second-order valence-corrected chi connectivity index (χ2v) is 4.75. The number of anilines is 1. The summed E-state index contributed by atoms with van der Waals surface area (Å²) >= 11 is 0. The minimum atomic E-state index is -0.887. The van der Waals surface area contributed by atoms with Gasteiger partial charge < -0.3 is 19.5 Å². The molecule has 130 valence electrons. The Bertz CT molecular complexity index is 824. The maximum Gasteiger partial charge on any atom is 0.355 e. The first kappa shape index (κ1) is 17.7. The molecular formula is C16H14N2O7. The van der Waals surface area contributed by atoms with Crippen molar-refractivity contribution in [1.29, 1.82) is 0 Å². The Balaban J connectivity index is 2.73. The fraction of sp³-hybridized carbons (Fsp3) is 0.125. The molecule has 0 aliphatic carbocycles. The SMILES string of the molecule is COC(=O)C1=C(C(=O)OC)N(c2cc([N+](=O)[O-])ccc2O)C=CC=C1. The Labute approximate surface area is 142 Å². The van der Waals surface area contributed by atoms with E-state index in [1.807, 2.05) is 0 Å². The minimum Gasteiger partial charge on any atom is -0.506 e. The first-order valence-corrected chi connectivity index (χ1v) is 6.93. The lowest BCUT2D eigenvalue weighted by atomic mass is 10.1. The lowest BCUT2D eigenvalue weighted by Gasteiger charge is -2.23. The van der Waals surface area contributed by atoms with Gasteiger partial charge in [0.05, 0.1) is 30.4 Å². The molecule has 1 aromatic rings. The van der Waals surface area contributed by atoms with Gasteiger partial charge in [0.25, 0.3) is 5.69 Å². The Morgan fingerprint density at radius 1 is 1.16 bits per heavy atom. The van der Waals surface area contributed by atoms with Crippen LogP contribution in [-0.2, 0) is 19.1 Å². The van der Waals surface area contributed by atoms with Crippen molar-refractivity contribution in [3.63, 3.8) is 0 Å². The monoisotopic (exact) mass is 346 g/mol. The van der Waals surface area contributed by atoms with E-state index in [9.17, 15) is 24.8 Å². The van der Waals surface area contributed by atoms with Gasteiger partial charge in [-0.15, -0.1) is 0 Å². The second kappa shape index (κ2) is 7.30. The van der Waals surface area contributed by atoms with Crippen molar-refractivity contribution in [1.82, 2.24) is 0 Å². The fourth-order valence-corrected chi connectivity index (χ4v) is 2.17. The quantitative estimate of drug-likeness (QED) is 0.498. The number of allylic oxidation sites excluding steroid dienone is 2. The maximum absolute atomic E-state index is 12.3. The van der Waals surface area contributed by atoms with Gasteiger partial charge in [-0.3, -0.25) is 10.1 Å². The fourth-order valence-electron chi connectivity index (χ4n) is 2.17. The number of hydrogen-bond acceptors (Lipinski definition) is 8. The molecule has 0 radical (unpaired) electrons. The zero-order valence-electron chi connectivity index (χ0n) is 13.3. The summed E-state index contributed by atoms with van der Waals surface area (Å²) in [5.74, 6) is -2.03. The van der Waals surface area contributed by atoms with E-state index in [0.717, 1.165) is 37.3 Å². The third kappa shape index (κ3) is 3.50. The predicted octanol–water partition coefficient (Wildman–Crippen LogP) is 1.79. The number of non-ortho nitro benzene ring substituents is 1. The number of carbonyl (C=O) groups excluding carboxylic acids is 2. The van der Waals surface area contributed by atoms with Crippen LogP contribution in [0.15, 0.2) is 53.9 Å². The lowest BCUT2D eigenvalue weighted by Crippen LogP contribution is -2.27. The maximum atomic E-state index is 12.3. The molecule has 0 atom stereocenters. The summed E-state index contributed by atoms with van der Waals surface area (Å²) in [6.45, 7) is 0. The number of rotatable bonds is 4. The van der Waals surface area contributed by atoms with Gasteiger partial charge in [-0.25, -0.2) is 9.59 Å². The first-order valence-electron chi connectivity index (χ1n) is 6.93. The number of aromatic hydroxyl groups is 1. The summed E-state index contributed by atoms with van der Waals surface area (Å²) in [6, 6.07) is 3.30. The topological polar surface area (TPSA) is 119 Å². The molecule has 0 bridgehead atoms. The van der Waals surface area contributed by atoms with Crippen LogP contribution in [0.5, 0.6) is 5.75 Å². The molecule has 9 nitrogen and oxygen atoms in total. The third-order valence-corrected chi connectivity index (χ3v) is 3.32. The van der Waals surface area contributed by atoms with Crippen LogP contribution in [0.25, 0.3) is 0 Å². The molecule has 9 heteroatoms. The lowest BCUT2D eigenvalue weighted by molar-refractivity contribution is -0.384. The van der Waals surface area contributed by atoms with Crippen molar-refractivity contribution >= 4 is 23.3 Å². The second-order valence-electron chi connectivity index (χ2n) is 4.75. The minimum absolute atomic E-state index is 0.0732. The van der Waals surface area contributed by atoms with Crippen LogP contribution >= 0.6 is 0 Å². The molecule has 0 spiro atoms. The Morgan fingerprint density at radius 3 is 2.44 bits per heavy atom. The molecule has 1 heterocycles. The van der Waals surface area contributed by atoms with Crippen LogP contribution in [0.3, 0.4) is 0 Å². The molecule has 0 saturated heterocycles. The number of nitro groups is 1. The molecular weight excluding hydrogens is 332 g/mol. The Kier molecular flexibility index (Phi) is 5.18. The largest absolute Gasteiger partial charge is 0.506 e. The van der Waals surface area contributed by atoms with E-state index in [4.69, 9.17) is 4.74 Å². The molecule has 2 rings (SSSR count). The number of hydrogen-bond donors (Lipinski definition) is 1. The van der Waals surface area contributed by atoms with Gasteiger partial charge >= 0.3 is 11.9 Å². The van der Waals surface area contributed by atoms with Gasteiger partial charge in [-0.1, -0.05) is 6.08 Å². The van der Waals surface area contributed by atoms with E-state index in [2.05, 4.69) is 4.74 Å². The average molecular weight is 346 g/mol. The Hall–Kier alpha value is -3.62. The molecule has 1 aliphatic rings. The molecule has 1 aliphatic heterocycles. The van der Waals surface area contributed by atoms with Crippen LogP contribution in [0, 0.1) is 10.1 Å². The van der Waals surface area contributed by atoms with Crippen molar-refractivity contribution in [2.75, 3.05) is 19.1 Å². The normalized spacial score (nSPS) is 13.4. The number of benzene rings is 1. The number of carbonyl (C=O) groups is 2. The van der Waals surface area contributed by atoms with E-state index in [1.165, 1.54) is 24.4 Å². The summed E-state index contributed by atoms with van der Waals surface area (Å²) in [4.78, 5) is 35.8. The van der Waals surface area contributed by atoms with Crippen LogP contribution in [0.4, 0.5) is 11.4 Å². The van der Waals surface area contributed by atoms with Gasteiger partial charge in [0, 0.05) is 18.3 Å². The number of nitrogens with zero attached hydrogens (tertiary/aromatic N) is 2. The van der Waals surface area contributed by atoms with Gasteiger partial charge in [-0.2, -0.15) is 0 Å². The van der Waals surface area contributed by atoms with E-state index < -0.39 is 16.9 Å². The van der Waals surface area contributed by atoms with Gasteiger partial charge in [0.15, 0.2) is 0 Å². The number of methoxy groups -OCH3 is 2. The standard InChI is InChI=1S/C16H14N2O7/c1-24-15(20)11-5-3-4-8-17(14(11)16(21)25-2)12-9-10(18(22)23)6-7-13(12)19/h3-9,19H,1-2H3. The molecule has 0 fully saturated rings. The van der Waals surface area contributed by atoms with E-state index in [1.54, 1.807) is 0 Å². The molecule has 0 unspecified atom stereocenters. The van der Waals surface area contributed by atoms with Crippen molar-refractivity contribution in [3.05, 3.63) is 64.0 Å². The highest BCUT2D eigenvalue weighted by Crippen LogP contribution is 2.35. The van der Waals surface area contributed by atoms with Gasteiger partial charge in [-0.05, 0) is 18.2 Å². The smallest absolute Gasteiger partial charge is 0.355 e. The molecule has 0 saturated carbocycles. The predicted molar refractivity (Wildman–Crippen MR) is 86.6 cm³/mol. The van der Waals surface area contributed by atoms with Crippen LogP contribution in [-0.4, -0.2) is 36.2 Å². The van der Waals surface area contributed by atoms with Crippen molar-refractivity contribution < 1.29 is 29.1 Å². The van der Waals surface area contributed by atoms with Crippen molar-refractivity contribution in [3.8, 4) is 5.75 Å². The van der Waals surface area contributed by atoms with Crippen molar-refractivity contribution in [2.24, 2.45) is 0 Å². The van der Waals surface area contributed by atoms with Gasteiger partial charge in [0.1, 0.15) is 11.4 Å². The van der Waals surface area contributed by atoms with Crippen LogP contribution in [0.1, 0.15) is 0 Å². The van der Waals surface area contributed by atoms with Gasteiger partial charge in [0.2, 0.25) is 0 Å². The highest BCUT2D eigenvalue weighted by molar-refractivity contribution is 6.05. The van der Waals surface area contributed by atoms with E-state index >= 15 is 0 Å². The molecule has 0 aromatic heterocycles. The summed E-state index contributed by atoms with van der Waals surface area (Å²) in [6.07, 6.45) is 5.65. The first-order chi connectivity index (χ1) is 11.9. The van der Waals surface area contributed by atoms with E-state index in [0.29, 0.717) is 0 Å². The van der Waals surface area contributed by atoms with Crippen LogP contribution < -0.4 is 4.90 Å². The number of ether oxygens (including phenoxy) is 2. The van der Waals surface area contributed by atoms with E-state index in [-0.39, 0.29) is 28.4 Å². The summed E-state index contributed by atoms with van der Waals surface area (Å²) in [5.41, 5.74) is -0.765. The molecule has 0 amide bonds. The average Bonchev–Trinajstić information content (AvgIpc) is 2.83. The summed E-state index contributed by atoms with van der Waals surface area (Å²) in [7, 11) is 2.26. The molecule has 25 heavy (non-hydrogen) atoms. The zero-order valence-corrected chi connectivity index (χ0v) is 13.3. The highest BCUT2D eigenvalue weighted by atomic mass is 16.6. The Morgan fingerprint density at radius 2 is 1.84 bits per heavy atom. The highest BCUT2D eigenvalue weighted by Gasteiger charge is 2.29. The molecule has 1 aromatic carbocycles.